The molecule has 0 aromatic heterocycles. The molecule has 1 unspecified atom stereocenters. The van der Waals surface area contributed by atoms with Crippen LogP contribution in [0.1, 0.15) is 36.5 Å². The fourth-order valence-electron chi connectivity index (χ4n) is 2.33. The zero-order chi connectivity index (χ0) is 10.7. The van der Waals surface area contributed by atoms with Crippen molar-refractivity contribution >= 4 is 5.78 Å². The third-order valence-electron chi connectivity index (χ3n) is 3.32. The second-order valence-corrected chi connectivity index (χ2v) is 4.16. The van der Waals surface area contributed by atoms with Gasteiger partial charge in [0.25, 0.3) is 0 Å². The highest BCUT2D eigenvalue weighted by molar-refractivity contribution is 6.03. The lowest BCUT2D eigenvalue weighted by atomic mass is 9.85. The van der Waals surface area contributed by atoms with Crippen LogP contribution in [-0.4, -0.2) is 17.9 Å². The second kappa shape index (κ2) is 4.15. The van der Waals surface area contributed by atoms with Crippen molar-refractivity contribution in [1.82, 2.24) is 5.32 Å². The number of ketones is 1. The van der Waals surface area contributed by atoms with Crippen molar-refractivity contribution in [3.8, 4) is 0 Å². The average molecular weight is 203 g/mol. The SMILES string of the molecule is CCC1(C(=O)c2ccccc2)CCCN1. The number of carbonyl (C=O) groups excluding carboxylic acids is 1. The maximum atomic E-state index is 12.3. The van der Waals surface area contributed by atoms with Gasteiger partial charge in [0.15, 0.2) is 5.78 Å². The zero-order valence-electron chi connectivity index (χ0n) is 9.12. The molecule has 1 atom stereocenters. The number of Topliss-reactive ketones (excluding diaryl/α,β-unsaturated/α-hetero) is 1. The van der Waals surface area contributed by atoms with Gasteiger partial charge in [-0.2, -0.15) is 0 Å². The summed E-state index contributed by atoms with van der Waals surface area (Å²) in [5.41, 5.74) is 0.537. The first-order valence-electron chi connectivity index (χ1n) is 5.63. The van der Waals surface area contributed by atoms with Gasteiger partial charge < -0.3 is 5.32 Å². The lowest BCUT2D eigenvalue weighted by Gasteiger charge is -2.26. The summed E-state index contributed by atoms with van der Waals surface area (Å²) in [5.74, 6) is 0.253. The Morgan fingerprint density at radius 3 is 2.67 bits per heavy atom. The summed E-state index contributed by atoms with van der Waals surface area (Å²) in [5, 5.41) is 3.37. The van der Waals surface area contributed by atoms with E-state index in [9.17, 15) is 4.79 Å². The summed E-state index contributed by atoms with van der Waals surface area (Å²) in [6.45, 7) is 3.05. The standard InChI is InChI=1S/C13H17NO/c1-2-13(9-6-10-14-13)12(15)11-7-4-3-5-8-11/h3-5,7-8,14H,2,6,9-10H2,1H3. The van der Waals surface area contributed by atoms with Gasteiger partial charge in [0.1, 0.15) is 0 Å². The van der Waals surface area contributed by atoms with Crippen LogP contribution in [0.2, 0.25) is 0 Å². The molecule has 0 amide bonds. The Kier molecular flexibility index (Phi) is 2.87. The fraction of sp³-hybridized carbons (Fsp3) is 0.462. The van der Waals surface area contributed by atoms with E-state index in [0.717, 1.165) is 31.4 Å². The van der Waals surface area contributed by atoms with Gasteiger partial charge in [-0.3, -0.25) is 4.79 Å². The summed E-state index contributed by atoms with van der Waals surface area (Å²) in [4.78, 5) is 12.3. The van der Waals surface area contributed by atoms with Gasteiger partial charge in [0.05, 0.1) is 5.54 Å². The number of carbonyl (C=O) groups is 1. The molecule has 2 rings (SSSR count). The van der Waals surface area contributed by atoms with E-state index in [1.165, 1.54) is 0 Å². The Labute approximate surface area is 90.7 Å². The Hall–Kier alpha value is -1.15. The molecule has 1 aromatic rings. The highest BCUT2D eigenvalue weighted by Crippen LogP contribution is 2.27. The summed E-state index contributed by atoms with van der Waals surface area (Å²) >= 11 is 0. The van der Waals surface area contributed by atoms with Crippen molar-refractivity contribution in [3.05, 3.63) is 35.9 Å². The normalized spacial score (nSPS) is 25.4. The topological polar surface area (TPSA) is 29.1 Å². The molecule has 1 saturated heterocycles. The molecule has 2 heteroatoms. The predicted molar refractivity (Wildman–Crippen MR) is 61.0 cm³/mol. The summed E-state index contributed by atoms with van der Waals surface area (Å²) in [6.07, 6.45) is 2.95. The van der Waals surface area contributed by atoms with Crippen molar-refractivity contribution < 1.29 is 4.79 Å². The van der Waals surface area contributed by atoms with Gasteiger partial charge in [-0.05, 0) is 25.8 Å². The molecule has 0 aliphatic carbocycles. The zero-order valence-corrected chi connectivity index (χ0v) is 9.12. The van der Waals surface area contributed by atoms with Crippen LogP contribution in [0.15, 0.2) is 30.3 Å². The first-order chi connectivity index (χ1) is 7.28. The lowest BCUT2D eigenvalue weighted by molar-refractivity contribution is 0.0864. The second-order valence-electron chi connectivity index (χ2n) is 4.16. The van der Waals surface area contributed by atoms with Crippen LogP contribution in [0.25, 0.3) is 0 Å². The van der Waals surface area contributed by atoms with Gasteiger partial charge in [-0.25, -0.2) is 0 Å². The first-order valence-corrected chi connectivity index (χ1v) is 5.63. The number of nitrogens with one attached hydrogen (secondary N) is 1. The molecule has 80 valence electrons. The van der Waals surface area contributed by atoms with Gasteiger partial charge in [-0.1, -0.05) is 37.3 Å². The summed E-state index contributed by atoms with van der Waals surface area (Å²) in [6, 6.07) is 9.59. The fourth-order valence-corrected chi connectivity index (χ4v) is 2.33. The molecular weight excluding hydrogens is 186 g/mol. The third kappa shape index (κ3) is 1.82. The molecule has 15 heavy (non-hydrogen) atoms. The maximum absolute atomic E-state index is 12.3. The Morgan fingerprint density at radius 2 is 2.13 bits per heavy atom. The van der Waals surface area contributed by atoms with E-state index in [2.05, 4.69) is 12.2 Å². The smallest absolute Gasteiger partial charge is 0.182 e. The van der Waals surface area contributed by atoms with Crippen LogP contribution in [0.3, 0.4) is 0 Å². The highest BCUT2D eigenvalue weighted by Gasteiger charge is 2.39. The monoisotopic (exact) mass is 203 g/mol. The van der Waals surface area contributed by atoms with Crippen LogP contribution in [0, 0.1) is 0 Å². The molecular formula is C13H17NO. The average Bonchev–Trinajstić information content (AvgIpc) is 2.79. The van der Waals surface area contributed by atoms with Gasteiger partial charge >= 0.3 is 0 Å². The largest absolute Gasteiger partial charge is 0.305 e. The van der Waals surface area contributed by atoms with Crippen LogP contribution in [-0.2, 0) is 0 Å². The van der Waals surface area contributed by atoms with E-state index in [1.54, 1.807) is 0 Å². The van der Waals surface area contributed by atoms with E-state index >= 15 is 0 Å². The minimum Gasteiger partial charge on any atom is -0.305 e. The van der Waals surface area contributed by atoms with Crippen molar-refractivity contribution in [1.29, 1.82) is 0 Å². The number of rotatable bonds is 3. The quantitative estimate of drug-likeness (QED) is 0.764. The number of hydrogen-bond donors (Lipinski definition) is 1. The molecule has 0 radical (unpaired) electrons. The number of hydrogen-bond acceptors (Lipinski definition) is 2. The van der Waals surface area contributed by atoms with Crippen molar-refractivity contribution in [2.45, 2.75) is 31.7 Å². The first kappa shape index (κ1) is 10.4. The summed E-state index contributed by atoms with van der Waals surface area (Å²) in [7, 11) is 0. The number of benzene rings is 1. The Bertz CT molecular complexity index is 339. The van der Waals surface area contributed by atoms with Gasteiger partial charge in [0, 0.05) is 5.56 Å². The predicted octanol–water partition coefficient (Wildman–Crippen LogP) is 2.40. The molecule has 2 nitrogen and oxygen atoms in total. The molecule has 1 fully saturated rings. The molecule has 1 aliphatic heterocycles. The van der Waals surface area contributed by atoms with Crippen molar-refractivity contribution in [2.24, 2.45) is 0 Å². The van der Waals surface area contributed by atoms with E-state index in [1.807, 2.05) is 30.3 Å². The third-order valence-corrected chi connectivity index (χ3v) is 3.32. The van der Waals surface area contributed by atoms with Crippen LogP contribution in [0.4, 0.5) is 0 Å². The van der Waals surface area contributed by atoms with Crippen LogP contribution >= 0.6 is 0 Å². The molecule has 1 aliphatic rings. The van der Waals surface area contributed by atoms with Crippen LogP contribution < -0.4 is 5.32 Å². The van der Waals surface area contributed by atoms with Gasteiger partial charge in [-0.15, -0.1) is 0 Å². The lowest BCUT2D eigenvalue weighted by Crippen LogP contribution is -2.46. The van der Waals surface area contributed by atoms with E-state index in [0.29, 0.717) is 0 Å². The molecule has 0 saturated carbocycles. The minimum atomic E-state index is -0.290. The Balaban J connectivity index is 2.27. The molecule has 0 spiro atoms. The molecule has 1 aromatic carbocycles. The maximum Gasteiger partial charge on any atom is 0.182 e. The Morgan fingerprint density at radius 1 is 1.40 bits per heavy atom. The minimum absolute atomic E-state index is 0.253. The van der Waals surface area contributed by atoms with E-state index in [-0.39, 0.29) is 11.3 Å². The highest BCUT2D eigenvalue weighted by atomic mass is 16.1. The summed E-state index contributed by atoms with van der Waals surface area (Å²) < 4.78 is 0. The van der Waals surface area contributed by atoms with Gasteiger partial charge in [0.2, 0.25) is 0 Å². The molecule has 1 N–H and O–H groups in total. The molecule has 1 heterocycles. The van der Waals surface area contributed by atoms with E-state index < -0.39 is 0 Å². The van der Waals surface area contributed by atoms with Crippen LogP contribution in [0.5, 0.6) is 0 Å². The van der Waals surface area contributed by atoms with Crippen molar-refractivity contribution in [3.63, 3.8) is 0 Å². The van der Waals surface area contributed by atoms with Crippen molar-refractivity contribution in [2.75, 3.05) is 6.54 Å². The van der Waals surface area contributed by atoms with E-state index in [4.69, 9.17) is 0 Å². The molecule has 0 bridgehead atoms.